The lowest BCUT2D eigenvalue weighted by molar-refractivity contribution is 0.0691. The van der Waals surface area contributed by atoms with E-state index in [0.717, 1.165) is 19.3 Å². The summed E-state index contributed by atoms with van der Waals surface area (Å²) in [6.45, 7) is 0. The minimum Gasteiger partial charge on any atom is -0.476 e. The summed E-state index contributed by atoms with van der Waals surface area (Å²) in [6, 6.07) is 0. The molecule has 0 fully saturated rings. The van der Waals surface area contributed by atoms with Crippen molar-refractivity contribution in [2.75, 3.05) is 5.43 Å². The van der Waals surface area contributed by atoms with Crippen LogP contribution in [-0.2, 0) is 0 Å². The number of hydrogen-bond acceptors (Lipinski definition) is 4. The first kappa shape index (κ1) is 16.1. The monoisotopic (exact) mass is 347 g/mol. The largest absolute Gasteiger partial charge is 0.476 e. The number of anilines is 1. The number of carbonyl (C=O) groups is 1. The van der Waals surface area contributed by atoms with Crippen LogP contribution < -0.4 is 5.43 Å². The van der Waals surface area contributed by atoms with Crippen molar-refractivity contribution in [3.05, 3.63) is 33.0 Å². The predicted molar refractivity (Wildman–Crippen MR) is 84.8 cm³/mol. The molecular formula is C13H12Cl3N3O2. The third-order valence-electron chi connectivity index (χ3n) is 3.01. The van der Waals surface area contributed by atoms with Gasteiger partial charge in [0, 0.05) is 6.21 Å². The number of aromatic nitrogens is 1. The Bertz CT molecular complexity index is 617. The van der Waals surface area contributed by atoms with Crippen LogP contribution in [0.4, 0.5) is 5.69 Å². The van der Waals surface area contributed by atoms with Crippen LogP contribution in [0.1, 0.15) is 29.8 Å². The van der Waals surface area contributed by atoms with Gasteiger partial charge >= 0.3 is 5.97 Å². The summed E-state index contributed by atoms with van der Waals surface area (Å²) in [6.07, 6.45) is 8.94. The van der Waals surface area contributed by atoms with E-state index in [9.17, 15) is 4.79 Å². The number of nitrogens with zero attached hydrogens (tertiary/aromatic N) is 2. The van der Waals surface area contributed by atoms with Crippen LogP contribution in [0.15, 0.2) is 17.3 Å². The number of nitrogens with one attached hydrogen (secondary N) is 1. The first-order chi connectivity index (χ1) is 10.0. The van der Waals surface area contributed by atoms with Gasteiger partial charge in [-0.05, 0) is 25.2 Å². The number of rotatable bonds is 4. The quantitative estimate of drug-likeness (QED) is 0.364. The molecule has 1 aromatic heterocycles. The molecule has 1 atom stereocenters. The SMILES string of the molecule is O=C(O)c1nc(Cl)c(Cl)c(NN=CC2CC=CCC2)c1Cl. The Morgan fingerprint density at radius 2 is 2.14 bits per heavy atom. The molecule has 1 aromatic rings. The molecular weight excluding hydrogens is 337 g/mol. The fourth-order valence-electron chi connectivity index (χ4n) is 1.91. The zero-order chi connectivity index (χ0) is 15.4. The summed E-state index contributed by atoms with van der Waals surface area (Å²) in [5.41, 5.74) is 2.42. The van der Waals surface area contributed by atoms with Gasteiger partial charge in [-0.25, -0.2) is 9.78 Å². The summed E-state index contributed by atoms with van der Waals surface area (Å²) in [7, 11) is 0. The van der Waals surface area contributed by atoms with Crippen LogP contribution >= 0.6 is 34.8 Å². The Kier molecular flexibility index (Phi) is 5.45. The van der Waals surface area contributed by atoms with Gasteiger partial charge in [-0.2, -0.15) is 5.10 Å². The topological polar surface area (TPSA) is 74.6 Å². The standard InChI is InChI=1S/C13H12Cl3N3O2/c14-8-10(9(15)12(16)18-11(8)13(20)21)19-17-6-7-4-2-1-3-5-7/h1-2,6-7H,3-5H2,(H,18,19)(H,20,21). The van der Waals surface area contributed by atoms with Crippen molar-refractivity contribution in [2.24, 2.45) is 11.0 Å². The average Bonchev–Trinajstić information content (AvgIpc) is 2.47. The van der Waals surface area contributed by atoms with Crippen molar-refractivity contribution < 1.29 is 9.90 Å². The lowest BCUT2D eigenvalue weighted by Gasteiger charge is -2.13. The Morgan fingerprint density at radius 3 is 2.76 bits per heavy atom. The van der Waals surface area contributed by atoms with Gasteiger partial charge in [0.25, 0.3) is 0 Å². The van der Waals surface area contributed by atoms with Crippen LogP contribution in [0.5, 0.6) is 0 Å². The van der Waals surface area contributed by atoms with Gasteiger partial charge in [-0.15, -0.1) is 0 Å². The molecule has 0 saturated carbocycles. The molecule has 112 valence electrons. The molecule has 0 spiro atoms. The molecule has 1 heterocycles. The van der Waals surface area contributed by atoms with Crippen molar-refractivity contribution in [1.82, 2.24) is 4.98 Å². The maximum absolute atomic E-state index is 11.0. The lowest BCUT2D eigenvalue weighted by atomic mass is 9.96. The molecule has 2 N–H and O–H groups in total. The maximum Gasteiger partial charge on any atom is 0.356 e. The van der Waals surface area contributed by atoms with E-state index in [-0.39, 0.29) is 26.6 Å². The third-order valence-corrected chi connectivity index (χ3v) is 4.12. The van der Waals surface area contributed by atoms with Crippen molar-refractivity contribution >= 4 is 52.7 Å². The van der Waals surface area contributed by atoms with E-state index in [1.54, 1.807) is 6.21 Å². The number of allylic oxidation sites excluding steroid dienone is 2. The molecule has 0 radical (unpaired) electrons. The fourth-order valence-corrected chi connectivity index (χ4v) is 2.58. The minimum absolute atomic E-state index is 0.0346. The van der Waals surface area contributed by atoms with Crippen molar-refractivity contribution in [1.29, 1.82) is 0 Å². The highest BCUT2D eigenvalue weighted by Gasteiger charge is 2.20. The highest BCUT2D eigenvalue weighted by molar-refractivity contribution is 6.46. The van der Waals surface area contributed by atoms with Crippen LogP contribution in [0.2, 0.25) is 15.2 Å². The minimum atomic E-state index is -1.29. The Morgan fingerprint density at radius 1 is 1.38 bits per heavy atom. The van der Waals surface area contributed by atoms with Gasteiger partial charge in [0.1, 0.15) is 10.0 Å². The molecule has 21 heavy (non-hydrogen) atoms. The van der Waals surface area contributed by atoms with Gasteiger partial charge in [-0.1, -0.05) is 47.0 Å². The zero-order valence-electron chi connectivity index (χ0n) is 10.8. The molecule has 1 aliphatic rings. The summed E-state index contributed by atoms with van der Waals surface area (Å²) >= 11 is 17.7. The molecule has 2 rings (SSSR count). The number of carboxylic acid groups (broad SMARTS) is 1. The summed E-state index contributed by atoms with van der Waals surface area (Å²) in [5.74, 6) is -0.959. The first-order valence-electron chi connectivity index (χ1n) is 6.22. The highest BCUT2D eigenvalue weighted by atomic mass is 35.5. The zero-order valence-corrected chi connectivity index (χ0v) is 13.1. The van der Waals surface area contributed by atoms with Crippen molar-refractivity contribution in [2.45, 2.75) is 19.3 Å². The summed E-state index contributed by atoms with van der Waals surface area (Å²) in [5, 5.41) is 12.8. The normalized spacial score (nSPS) is 18.1. The van der Waals surface area contributed by atoms with Gasteiger partial charge < -0.3 is 5.11 Å². The van der Waals surface area contributed by atoms with Crippen LogP contribution in [0.25, 0.3) is 0 Å². The number of hydrogen-bond donors (Lipinski definition) is 2. The predicted octanol–water partition coefficient (Wildman–Crippen LogP) is 4.49. The molecule has 8 heteroatoms. The van der Waals surface area contributed by atoms with Gasteiger partial charge in [0.15, 0.2) is 10.8 Å². The second-order valence-corrected chi connectivity index (χ2v) is 5.61. The molecule has 5 nitrogen and oxygen atoms in total. The Hall–Kier alpha value is -1.30. The molecule has 1 aliphatic carbocycles. The number of aromatic carboxylic acids is 1. The molecule has 0 bridgehead atoms. The number of pyridine rings is 1. The van der Waals surface area contributed by atoms with Crippen LogP contribution in [0, 0.1) is 5.92 Å². The lowest BCUT2D eigenvalue weighted by Crippen LogP contribution is -2.07. The second kappa shape index (κ2) is 7.11. The summed E-state index contributed by atoms with van der Waals surface area (Å²) < 4.78 is 0. The smallest absolute Gasteiger partial charge is 0.356 e. The molecule has 0 aromatic carbocycles. The molecule has 0 aliphatic heterocycles. The van der Waals surface area contributed by atoms with E-state index in [1.165, 1.54) is 0 Å². The van der Waals surface area contributed by atoms with Gasteiger partial charge in [0.05, 0.1) is 5.69 Å². The van der Waals surface area contributed by atoms with E-state index in [1.807, 2.05) is 0 Å². The third kappa shape index (κ3) is 3.87. The summed E-state index contributed by atoms with van der Waals surface area (Å²) in [4.78, 5) is 14.7. The molecule has 0 amide bonds. The Balaban J connectivity index is 2.21. The van der Waals surface area contributed by atoms with Crippen molar-refractivity contribution in [3.8, 4) is 0 Å². The maximum atomic E-state index is 11.0. The van der Waals surface area contributed by atoms with Gasteiger partial charge in [0.2, 0.25) is 0 Å². The van der Waals surface area contributed by atoms with Crippen molar-refractivity contribution in [3.63, 3.8) is 0 Å². The van der Waals surface area contributed by atoms with Crippen LogP contribution in [-0.4, -0.2) is 22.3 Å². The highest BCUT2D eigenvalue weighted by Crippen LogP contribution is 2.36. The fraction of sp³-hybridized carbons (Fsp3) is 0.308. The number of hydrazone groups is 1. The Labute approximate surface area is 136 Å². The van der Waals surface area contributed by atoms with E-state index < -0.39 is 5.97 Å². The van der Waals surface area contributed by atoms with E-state index in [4.69, 9.17) is 39.9 Å². The second-order valence-electron chi connectivity index (χ2n) is 4.49. The van der Waals surface area contributed by atoms with Gasteiger partial charge in [-0.3, -0.25) is 5.43 Å². The number of halogens is 3. The number of carboxylic acids is 1. The van der Waals surface area contributed by atoms with E-state index in [0.29, 0.717) is 5.92 Å². The molecule has 0 saturated heterocycles. The molecule has 1 unspecified atom stereocenters. The first-order valence-corrected chi connectivity index (χ1v) is 7.36. The van der Waals surface area contributed by atoms with Crippen LogP contribution in [0.3, 0.4) is 0 Å². The van der Waals surface area contributed by atoms with E-state index in [2.05, 4.69) is 27.7 Å². The average molecular weight is 349 g/mol. The van der Waals surface area contributed by atoms with E-state index >= 15 is 0 Å².